The first-order valence-electron chi connectivity index (χ1n) is 7.49. The van der Waals surface area contributed by atoms with Crippen molar-refractivity contribution >= 4 is 17.7 Å². The molecule has 0 unspecified atom stereocenters. The number of carboxylic acids is 1. The Bertz CT molecular complexity index is 812. The summed E-state index contributed by atoms with van der Waals surface area (Å²) in [5, 5.41) is 22.0. The Hall–Kier alpha value is -3.49. The number of alkyl carbamates (subject to hydrolysis) is 1. The molecule has 0 heterocycles. The maximum Gasteiger partial charge on any atom is 0.408 e. The normalized spacial score (nSPS) is 11.4. The van der Waals surface area contributed by atoms with Gasteiger partial charge in [-0.3, -0.25) is 10.1 Å². The average molecular weight is 362 g/mol. The van der Waals surface area contributed by atoms with E-state index in [9.17, 15) is 29.2 Å². The molecule has 1 atom stereocenters. The second kappa shape index (κ2) is 8.56. The van der Waals surface area contributed by atoms with Gasteiger partial charge in [-0.15, -0.1) is 0 Å². The quantitative estimate of drug-likeness (QED) is 0.577. The van der Waals surface area contributed by atoms with Crippen LogP contribution in [0.1, 0.15) is 11.1 Å². The molecule has 8 nitrogen and oxygen atoms in total. The molecule has 0 spiro atoms. The molecule has 0 saturated heterocycles. The zero-order valence-electron chi connectivity index (χ0n) is 13.4. The number of ether oxygens (including phenoxy) is 1. The fourth-order valence-corrected chi connectivity index (χ4v) is 2.17. The van der Waals surface area contributed by atoms with Crippen molar-refractivity contribution in [3.63, 3.8) is 0 Å². The molecule has 0 radical (unpaired) electrons. The minimum absolute atomic E-state index is 0.0365. The van der Waals surface area contributed by atoms with E-state index in [0.29, 0.717) is 0 Å². The minimum Gasteiger partial charge on any atom is -0.480 e. The van der Waals surface area contributed by atoms with Gasteiger partial charge in [0.2, 0.25) is 5.82 Å². The molecule has 9 heteroatoms. The van der Waals surface area contributed by atoms with E-state index in [4.69, 9.17) is 4.74 Å². The van der Waals surface area contributed by atoms with Gasteiger partial charge in [0.15, 0.2) is 0 Å². The molecule has 2 rings (SSSR count). The van der Waals surface area contributed by atoms with Crippen molar-refractivity contribution in [2.75, 3.05) is 0 Å². The first-order chi connectivity index (χ1) is 12.4. The lowest BCUT2D eigenvalue weighted by molar-refractivity contribution is -0.387. The number of halogens is 1. The number of hydrogen-bond donors (Lipinski definition) is 2. The fraction of sp³-hybridized carbons (Fsp3) is 0.176. The smallest absolute Gasteiger partial charge is 0.408 e. The van der Waals surface area contributed by atoms with Gasteiger partial charge in [-0.25, -0.2) is 9.59 Å². The fourth-order valence-electron chi connectivity index (χ4n) is 2.17. The SMILES string of the molecule is O=C(N[C@@H](Cc1ccc([N+](=O)[O-])c(F)c1)C(=O)O)OCc1ccccc1. The number of nitrogens with one attached hydrogen (secondary N) is 1. The number of aliphatic carboxylic acids is 1. The number of nitro groups is 1. The maximum absolute atomic E-state index is 13.6. The zero-order chi connectivity index (χ0) is 19.1. The van der Waals surface area contributed by atoms with Crippen LogP contribution < -0.4 is 5.32 Å². The van der Waals surface area contributed by atoms with Gasteiger partial charge in [-0.1, -0.05) is 36.4 Å². The zero-order valence-corrected chi connectivity index (χ0v) is 13.4. The Kier molecular flexibility index (Phi) is 6.20. The van der Waals surface area contributed by atoms with Crippen LogP contribution in [0.5, 0.6) is 0 Å². The van der Waals surface area contributed by atoms with Crippen molar-refractivity contribution in [1.29, 1.82) is 0 Å². The van der Waals surface area contributed by atoms with Crippen LogP contribution in [-0.4, -0.2) is 28.1 Å². The number of carboxylic acid groups (broad SMARTS) is 1. The van der Waals surface area contributed by atoms with E-state index in [2.05, 4.69) is 5.32 Å². The Labute approximate surface area is 147 Å². The number of benzene rings is 2. The summed E-state index contributed by atoms with van der Waals surface area (Å²) in [6, 6.07) is 10.5. The van der Waals surface area contributed by atoms with Crippen LogP contribution in [0.25, 0.3) is 0 Å². The Morgan fingerprint density at radius 2 is 1.88 bits per heavy atom. The molecule has 0 bridgehead atoms. The van der Waals surface area contributed by atoms with Gasteiger partial charge in [0, 0.05) is 12.5 Å². The molecule has 0 fully saturated rings. The molecule has 0 aromatic heterocycles. The molecule has 136 valence electrons. The van der Waals surface area contributed by atoms with Gasteiger partial charge < -0.3 is 15.2 Å². The number of nitrogens with zero attached hydrogens (tertiary/aromatic N) is 1. The van der Waals surface area contributed by atoms with E-state index in [1.807, 2.05) is 0 Å². The topological polar surface area (TPSA) is 119 Å². The lowest BCUT2D eigenvalue weighted by atomic mass is 10.1. The van der Waals surface area contributed by atoms with Crippen LogP contribution in [-0.2, 0) is 22.6 Å². The van der Waals surface area contributed by atoms with Gasteiger partial charge >= 0.3 is 17.7 Å². The van der Waals surface area contributed by atoms with Crippen LogP contribution >= 0.6 is 0 Å². The first kappa shape index (κ1) is 18.8. The number of rotatable bonds is 7. The third-order valence-corrected chi connectivity index (χ3v) is 3.45. The van der Waals surface area contributed by atoms with Crippen LogP contribution in [0, 0.1) is 15.9 Å². The van der Waals surface area contributed by atoms with Crippen LogP contribution in [0.3, 0.4) is 0 Å². The summed E-state index contributed by atoms with van der Waals surface area (Å²) in [5.74, 6) is -2.43. The van der Waals surface area contributed by atoms with Gasteiger partial charge in [-0.2, -0.15) is 4.39 Å². The predicted octanol–water partition coefficient (Wildman–Crippen LogP) is 2.66. The lowest BCUT2D eigenvalue weighted by Gasteiger charge is -2.15. The number of carbonyl (C=O) groups excluding carboxylic acids is 1. The highest BCUT2D eigenvalue weighted by molar-refractivity contribution is 5.80. The van der Waals surface area contributed by atoms with E-state index >= 15 is 0 Å². The van der Waals surface area contributed by atoms with Crippen molar-refractivity contribution in [3.05, 3.63) is 75.6 Å². The molecular weight excluding hydrogens is 347 g/mol. The molecule has 2 aromatic carbocycles. The predicted molar refractivity (Wildman–Crippen MR) is 87.9 cm³/mol. The molecular formula is C17H15FN2O6. The monoisotopic (exact) mass is 362 g/mol. The molecule has 0 saturated carbocycles. The molecule has 1 amide bonds. The summed E-state index contributed by atoms with van der Waals surface area (Å²) in [5.41, 5.74) is 0.201. The van der Waals surface area contributed by atoms with Crippen LogP contribution in [0.2, 0.25) is 0 Å². The highest BCUT2D eigenvalue weighted by atomic mass is 19.1. The maximum atomic E-state index is 13.6. The van der Waals surface area contributed by atoms with Crippen molar-refractivity contribution in [2.24, 2.45) is 0 Å². The van der Waals surface area contributed by atoms with E-state index in [1.54, 1.807) is 30.3 Å². The van der Waals surface area contributed by atoms with Gasteiger partial charge in [0.05, 0.1) is 4.92 Å². The lowest BCUT2D eigenvalue weighted by Crippen LogP contribution is -2.42. The molecule has 26 heavy (non-hydrogen) atoms. The third-order valence-electron chi connectivity index (χ3n) is 3.45. The van der Waals surface area contributed by atoms with Crippen molar-refractivity contribution in [2.45, 2.75) is 19.1 Å². The highest BCUT2D eigenvalue weighted by Crippen LogP contribution is 2.19. The van der Waals surface area contributed by atoms with E-state index < -0.39 is 34.5 Å². The highest BCUT2D eigenvalue weighted by Gasteiger charge is 2.23. The summed E-state index contributed by atoms with van der Waals surface area (Å²) in [6.07, 6.45) is -1.20. The van der Waals surface area contributed by atoms with Crippen molar-refractivity contribution in [1.82, 2.24) is 5.32 Å². The van der Waals surface area contributed by atoms with E-state index in [0.717, 1.165) is 17.7 Å². The standard InChI is InChI=1S/C17H15FN2O6/c18-13-8-12(6-7-15(13)20(24)25)9-14(16(21)22)19-17(23)26-10-11-4-2-1-3-5-11/h1-8,14H,9-10H2,(H,19,23)(H,21,22)/t14-/m0/s1. The van der Waals surface area contributed by atoms with E-state index in [-0.39, 0.29) is 18.6 Å². The van der Waals surface area contributed by atoms with Crippen molar-refractivity contribution in [3.8, 4) is 0 Å². The number of hydrogen-bond acceptors (Lipinski definition) is 5. The largest absolute Gasteiger partial charge is 0.480 e. The Morgan fingerprint density at radius 3 is 2.46 bits per heavy atom. The molecule has 2 N–H and O–H groups in total. The summed E-state index contributed by atoms with van der Waals surface area (Å²) in [4.78, 5) is 32.8. The first-order valence-corrected chi connectivity index (χ1v) is 7.49. The Morgan fingerprint density at radius 1 is 1.19 bits per heavy atom. The second-order valence-electron chi connectivity index (χ2n) is 5.34. The number of amides is 1. The van der Waals surface area contributed by atoms with E-state index in [1.165, 1.54) is 6.07 Å². The second-order valence-corrected chi connectivity index (χ2v) is 5.34. The average Bonchev–Trinajstić information content (AvgIpc) is 2.60. The van der Waals surface area contributed by atoms with Gasteiger partial charge in [0.1, 0.15) is 12.6 Å². The molecule has 2 aromatic rings. The van der Waals surface area contributed by atoms with Gasteiger partial charge in [-0.05, 0) is 17.2 Å². The summed E-state index contributed by atoms with van der Waals surface area (Å²) in [7, 11) is 0. The summed E-state index contributed by atoms with van der Waals surface area (Å²) >= 11 is 0. The number of carbonyl (C=O) groups is 2. The van der Waals surface area contributed by atoms with Gasteiger partial charge in [0.25, 0.3) is 0 Å². The molecule has 0 aliphatic heterocycles. The Balaban J connectivity index is 1.98. The molecule has 0 aliphatic rings. The molecule has 0 aliphatic carbocycles. The van der Waals surface area contributed by atoms with Crippen LogP contribution in [0.4, 0.5) is 14.9 Å². The summed E-state index contributed by atoms with van der Waals surface area (Å²) < 4.78 is 18.6. The number of nitro benzene ring substituents is 1. The minimum atomic E-state index is -1.38. The third kappa shape index (κ3) is 5.26. The summed E-state index contributed by atoms with van der Waals surface area (Å²) in [6.45, 7) is -0.0365. The van der Waals surface area contributed by atoms with Crippen LogP contribution in [0.15, 0.2) is 48.5 Å². The van der Waals surface area contributed by atoms with Crippen molar-refractivity contribution < 1.29 is 28.7 Å².